The summed E-state index contributed by atoms with van der Waals surface area (Å²) in [4.78, 5) is 27.1. The highest BCUT2D eigenvalue weighted by molar-refractivity contribution is 6.30. The normalized spacial score (nSPS) is 20.2. The lowest BCUT2D eigenvalue weighted by Gasteiger charge is -2.42. The van der Waals surface area contributed by atoms with Crippen LogP contribution in [0, 0.1) is 0 Å². The molecule has 0 aromatic heterocycles. The van der Waals surface area contributed by atoms with Crippen LogP contribution in [-0.2, 0) is 37.8 Å². The van der Waals surface area contributed by atoms with Crippen LogP contribution in [-0.4, -0.2) is 52.7 Å². The minimum atomic E-state index is -0.882. The Hall–Kier alpha value is -4.29. The molecule has 6 N–H and O–H groups in total. The third kappa shape index (κ3) is 9.97. The molecule has 0 spiro atoms. The Morgan fingerprint density at radius 2 is 1.50 bits per heavy atom. The van der Waals surface area contributed by atoms with Crippen molar-refractivity contribution in [2.45, 2.75) is 75.8 Å². The van der Waals surface area contributed by atoms with E-state index in [1.165, 1.54) is 0 Å². The smallest absolute Gasteiger partial charge is 0.224 e. The summed E-state index contributed by atoms with van der Waals surface area (Å²) in [6, 6.07) is 30.2. The molecule has 2 aliphatic heterocycles. The number of hydrogen-bond donors (Lipinski definition) is 5. The highest BCUT2D eigenvalue weighted by atomic mass is 35.5. The van der Waals surface area contributed by atoms with Gasteiger partial charge in [-0.05, 0) is 65.8 Å². The molecule has 4 aromatic carbocycles. The van der Waals surface area contributed by atoms with Crippen molar-refractivity contribution < 1.29 is 29.3 Å². The lowest BCUT2D eigenvalue weighted by molar-refractivity contribution is -0.253. The number of anilines is 2. The highest BCUT2D eigenvalue weighted by Crippen LogP contribution is 2.39. The monoisotopic (exact) mass is 726 g/mol. The number of halogens is 1. The second kappa shape index (κ2) is 17.5. The van der Waals surface area contributed by atoms with E-state index in [0.29, 0.717) is 55.2 Å². The van der Waals surface area contributed by atoms with Gasteiger partial charge in [-0.2, -0.15) is 0 Å². The van der Waals surface area contributed by atoms with E-state index in [2.05, 4.69) is 15.5 Å². The molecule has 2 saturated heterocycles. The van der Waals surface area contributed by atoms with Crippen LogP contribution in [0.4, 0.5) is 11.4 Å². The predicted octanol–water partition coefficient (Wildman–Crippen LogP) is 6.37. The molecule has 2 aliphatic rings. The van der Waals surface area contributed by atoms with E-state index in [4.69, 9.17) is 26.8 Å². The molecule has 11 heteroatoms. The third-order valence-corrected chi connectivity index (χ3v) is 10.2. The Morgan fingerprint density at radius 1 is 0.846 bits per heavy atom. The molecule has 0 bridgehead atoms. The number of nitrogens with one attached hydrogen (secondary N) is 2. The number of amides is 2. The summed E-state index contributed by atoms with van der Waals surface area (Å²) in [6.45, 7) is 2.51. The first-order valence-electron chi connectivity index (χ1n) is 17.9. The summed E-state index contributed by atoms with van der Waals surface area (Å²) in [6.07, 6.45) is 1.85. The summed E-state index contributed by atoms with van der Waals surface area (Å²) in [5, 5.41) is 27.3. The van der Waals surface area contributed by atoms with E-state index in [-0.39, 0.29) is 43.5 Å². The Kier molecular flexibility index (Phi) is 12.6. The van der Waals surface area contributed by atoms with Crippen molar-refractivity contribution in [1.29, 1.82) is 0 Å². The predicted molar refractivity (Wildman–Crippen MR) is 201 cm³/mol. The minimum absolute atomic E-state index is 0.0217. The number of carbonyl (C=O) groups excluding carboxylic acids is 2. The minimum Gasteiger partial charge on any atom is -0.397 e. The first-order chi connectivity index (χ1) is 25.2. The maximum absolute atomic E-state index is 12.5. The molecule has 52 heavy (non-hydrogen) atoms. The number of hydrogen-bond acceptors (Lipinski definition) is 8. The number of ether oxygens (including phenoxy) is 2. The number of benzene rings is 4. The summed E-state index contributed by atoms with van der Waals surface area (Å²) >= 11 is 6.08. The van der Waals surface area contributed by atoms with E-state index in [1.807, 2.05) is 72.8 Å². The molecular formula is C41H47ClN4O6. The van der Waals surface area contributed by atoms with Crippen LogP contribution in [0.3, 0.4) is 0 Å². The van der Waals surface area contributed by atoms with Crippen LogP contribution < -0.4 is 16.4 Å². The summed E-state index contributed by atoms with van der Waals surface area (Å²) in [7, 11) is 0. The van der Waals surface area contributed by atoms with Crippen molar-refractivity contribution in [2.75, 3.05) is 30.7 Å². The van der Waals surface area contributed by atoms with E-state index in [9.17, 15) is 19.8 Å². The number of aliphatic hydroxyl groups is 2. The van der Waals surface area contributed by atoms with Crippen LogP contribution in [0.2, 0.25) is 5.02 Å². The van der Waals surface area contributed by atoms with E-state index < -0.39 is 11.9 Å². The van der Waals surface area contributed by atoms with Gasteiger partial charge in [0.25, 0.3) is 0 Å². The number of carbonyl (C=O) groups is 2. The number of likely N-dealkylation sites (tertiary alicyclic amines) is 1. The SMILES string of the molecule is Nc1ccccc1NC(=O)CCCC(=O)NCc1ccc(C2OC(CN3CCC(O)(c4ccc(Cl)cc4)CC3)CC(c3ccc(CO)cc3)O2)cc1. The van der Waals surface area contributed by atoms with Gasteiger partial charge in [-0.25, -0.2) is 0 Å². The average Bonchev–Trinajstić information content (AvgIpc) is 3.16. The van der Waals surface area contributed by atoms with Gasteiger partial charge >= 0.3 is 0 Å². The highest BCUT2D eigenvalue weighted by Gasteiger charge is 2.37. The maximum Gasteiger partial charge on any atom is 0.224 e. The zero-order valence-corrected chi connectivity index (χ0v) is 29.9. The zero-order chi connectivity index (χ0) is 36.5. The molecule has 2 fully saturated rings. The molecule has 10 nitrogen and oxygen atoms in total. The van der Waals surface area contributed by atoms with Crippen molar-refractivity contribution >= 4 is 34.8 Å². The molecule has 6 rings (SSSR count). The van der Waals surface area contributed by atoms with Gasteiger partial charge in [0.15, 0.2) is 6.29 Å². The lowest BCUT2D eigenvalue weighted by atomic mass is 9.84. The van der Waals surface area contributed by atoms with Gasteiger partial charge in [-0.1, -0.05) is 84.4 Å². The van der Waals surface area contributed by atoms with E-state index in [1.54, 1.807) is 24.3 Å². The van der Waals surface area contributed by atoms with Gasteiger partial charge in [0, 0.05) is 56.0 Å². The maximum atomic E-state index is 12.5. The molecule has 0 saturated carbocycles. The Bertz CT molecular complexity index is 1780. The number of piperidine rings is 1. The molecule has 3 unspecified atom stereocenters. The summed E-state index contributed by atoms with van der Waals surface area (Å²) in [5.41, 5.74) is 10.6. The largest absolute Gasteiger partial charge is 0.397 e. The molecule has 0 radical (unpaired) electrons. The Morgan fingerprint density at radius 3 is 2.19 bits per heavy atom. The van der Waals surface area contributed by atoms with Crippen LogP contribution in [0.1, 0.15) is 78.7 Å². The van der Waals surface area contributed by atoms with E-state index >= 15 is 0 Å². The second-order valence-electron chi connectivity index (χ2n) is 13.7. The Labute approximate surface area is 309 Å². The topological polar surface area (TPSA) is 146 Å². The molecule has 2 heterocycles. The Balaban J connectivity index is 1.02. The number of para-hydroxylation sites is 2. The van der Waals surface area contributed by atoms with Crippen molar-refractivity contribution in [3.05, 3.63) is 130 Å². The molecular weight excluding hydrogens is 680 g/mol. The number of aliphatic hydroxyl groups excluding tert-OH is 1. The molecule has 4 aromatic rings. The zero-order valence-electron chi connectivity index (χ0n) is 29.2. The number of nitrogen functional groups attached to an aromatic ring is 1. The summed E-state index contributed by atoms with van der Waals surface area (Å²) in [5.74, 6) is -0.311. The van der Waals surface area contributed by atoms with Crippen molar-refractivity contribution in [1.82, 2.24) is 10.2 Å². The fourth-order valence-corrected chi connectivity index (χ4v) is 6.92. The first-order valence-corrected chi connectivity index (χ1v) is 18.3. The van der Waals surface area contributed by atoms with Crippen LogP contribution >= 0.6 is 11.6 Å². The number of rotatable bonds is 13. The van der Waals surface area contributed by atoms with Crippen molar-refractivity contribution in [3.63, 3.8) is 0 Å². The van der Waals surface area contributed by atoms with Gasteiger partial charge in [-0.15, -0.1) is 0 Å². The number of nitrogens with zero attached hydrogens (tertiary/aromatic N) is 1. The molecule has 3 atom stereocenters. The third-order valence-electron chi connectivity index (χ3n) is 9.93. The fourth-order valence-electron chi connectivity index (χ4n) is 6.79. The van der Waals surface area contributed by atoms with Gasteiger partial charge in [-0.3, -0.25) is 9.59 Å². The average molecular weight is 727 g/mol. The van der Waals surface area contributed by atoms with Gasteiger partial charge < -0.3 is 41.0 Å². The van der Waals surface area contributed by atoms with Gasteiger partial charge in [0.05, 0.1) is 35.8 Å². The van der Waals surface area contributed by atoms with Gasteiger partial charge in [0.1, 0.15) is 0 Å². The second-order valence-corrected chi connectivity index (χ2v) is 14.1. The van der Waals surface area contributed by atoms with Crippen LogP contribution in [0.25, 0.3) is 0 Å². The molecule has 274 valence electrons. The van der Waals surface area contributed by atoms with Gasteiger partial charge in [0.2, 0.25) is 11.8 Å². The fraction of sp³-hybridized carbons (Fsp3) is 0.366. The number of nitrogens with two attached hydrogens (primary N) is 1. The quantitative estimate of drug-likeness (QED) is 0.100. The molecule has 0 aliphatic carbocycles. The lowest BCUT2D eigenvalue weighted by Crippen LogP contribution is -2.46. The summed E-state index contributed by atoms with van der Waals surface area (Å²) < 4.78 is 13.1. The standard InChI is InChI=1S/C41H47ClN4O6/c42-33-18-16-32(17-19-33)41(50)20-22-46(23-21-41)26-34-24-37(30-12-10-29(27-47)11-13-30)52-40(51-34)31-14-8-28(9-15-31)25-44-38(48)6-3-7-39(49)45-36-5-2-1-4-35(36)43/h1-2,4-5,8-19,34,37,40,47,50H,3,6-7,20-27,43H2,(H,44,48)(H,45,49). The van der Waals surface area contributed by atoms with Crippen LogP contribution in [0.15, 0.2) is 97.1 Å². The first kappa shape index (κ1) is 37.5. The van der Waals surface area contributed by atoms with Crippen molar-refractivity contribution in [2.24, 2.45) is 0 Å². The van der Waals surface area contributed by atoms with Crippen molar-refractivity contribution in [3.8, 4) is 0 Å². The molecule has 2 amide bonds. The van der Waals surface area contributed by atoms with Crippen LogP contribution in [0.5, 0.6) is 0 Å². The van der Waals surface area contributed by atoms with E-state index in [0.717, 1.165) is 40.9 Å².